The van der Waals surface area contributed by atoms with Crippen molar-refractivity contribution in [2.75, 3.05) is 6.54 Å². The van der Waals surface area contributed by atoms with E-state index in [4.69, 9.17) is 5.11 Å². The number of aliphatic carboxylic acids is 1. The molecule has 0 bridgehead atoms. The molecule has 0 spiro atoms. The van der Waals surface area contributed by atoms with Gasteiger partial charge in [-0.1, -0.05) is 20.8 Å². The van der Waals surface area contributed by atoms with E-state index in [9.17, 15) is 24.9 Å². The lowest BCUT2D eigenvalue weighted by Gasteiger charge is -2.63. The first-order chi connectivity index (χ1) is 15.5. The number of fused-ring (bicyclic) bond motifs is 5. The second-order valence-electron chi connectivity index (χ2n) is 12.2. The van der Waals surface area contributed by atoms with Crippen molar-refractivity contribution >= 4 is 11.9 Å². The highest BCUT2D eigenvalue weighted by Gasteiger charge is 2.65. The van der Waals surface area contributed by atoms with Gasteiger partial charge in [-0.25, -0.2) is 0 Å². The molecule has 5 N–H and O–H groups in total. The molecule has 11 atom stereocenters. The summed E-state index contributed by atoms with van der Waals surface area (Å²) < 4.78 is 0. The number of carboxylic acids is 1. The molecule has 7 heteroatoms. The Labute approximate surface area is 197 Å². The first-order valence-corrected chi connectivity index (χ1v) is 13.0. The van der Waals surface area contributed by atoms with Crippen molar-refractivity contribution in [3.8, 4) is 0 Å². The minimum absolute atomic E-state index is 0.0668. The van der Waals surface area contributed by atoms with Gasteiger partial charge in [0.1, 0.15) is 6.54 Å². The predicted octanol–water partition coefficient (Wildman–Crippen LogP) is 2.56. The molecule has 188 valence electrons. The molecule has 0 saturated heterocycles. The lowest BCUT2D eigenvalue weighted by Crippen LogP contribution is -2.62. The summed E-state index contributed by atoms with van der Waals surface area (Å²) in [6.07, 6.45) is 5.86. The third-order valence-electron chi connectivity index (χ3n) is 10.8. The quantitative estimate of drug-likeness (QED) is 0.410. The Kier molecular flexibility index (Phi) is 6.89. The highest BCUT2D eigenvalue weighted by molar-refractivity contribution is 5.81. The van der Waals surface area contributed by atoms with E-state index >= 15 is 0 Å². The van der Waals surface area contributed by atoms with Crippen LogP contribution >= 0.6 is 0 Å². The molecular weight excluding hydrogens is 422 g/mol. The van der Waals surface area contributed by atoms with Crippen LogP contribution in [0.2, 0.25) is 0 Å². The number of carbonyl (C=O) groups excluding carboxylic acids is 1. The second kappa shape index (κ2) is 9.12. The van der Waals surface area contributed by atoms with Crippen LogP contribution in [-0.4, -0.2) is 57.2 Å². The van der Waals surface area contributed by atoms with Crippen molar-refractivity contribution in [2.24, 2.45) is 46.3 Å². The fourth-order valence-corrected chi connectivity index (χ4v) is 8.95. The van der Waals surface area contributed by atoms with Crippen molar-refractivity contribution < 1.29 is 30.0 Å². The maximum Gasteiger partial charge on any atom is 0.322 e. The fraction of sp³-hybridized carbons (Fsp3) is 0.923. The number of rotatable bonds is 6. The number of carboxylic acid groups (broad SMARTS) is 1. The van der Waals surface area contributed by atoms with Crippen molar-refractivity contribution in [3.63, 3.8) is 0 Å². The summed E-state index contributed by atoms with van der Waals surface area (Å²) in [7, 11) is 0. The number of aliphatic hydroxyl groups excluding tert-OH is 3. The first kappa shape index (κ1) is 24.9. The van der Waals surface area contributed by atoms with Crippen LogP contribution < -0.4 is 5.32 Å². The molecule has 0 heterocycles. The van der Waals surface area contributed by atoms with Gasteiger partial charge in [-0.2, -0.15) is 0 Å². The van der Waals surface area contributed by atoms with E-state index < -0.39 is 12.1 Å². The van der Waals surface area contributed by atoms with Gasteiger partial charge in [-0.3, -0.25) is 9.59 Å². The summed E-state index contributed by atoms with van der Waals surface area (Å²) in [5.74, 6) is 0.265. The largest absolute Gasteiger partial charge is 0.480 e. The molecule has 4 aliphatic carbocycles. The molecular formula is C26H43NO6. The van der Waals surface area contributed by atoms with Crippen LogP contribution in [0.4, 0.5) is 0 Å². The van der Waals surface area contributed by atoms with Crippen LogP contribution in [0.15, 0.2) is 0 Å². The Bertz CT molecular complexity index is 759. The van der Waals surface area contributed by atoms with Gasteiger partial charge in [0.2, 0.25) is 5.91 Å². The first-order valence-electron chi connectivity index (χ1n) is 13.0. The topological polar surface area (TPSA) is 127 Å². The van der Waals surface area contributed by atoms with Gasteiger partial charge in [-0.15, -0.1) is 0 Å². The van der Waals surface area contributed by atoms with Crippen molar-refractivity contribution in [3.05, 3.63) is 0 Å². The van der Waals surface area contributed by atoms with E-state index in [1.54, 1.807) is 0 Å². The van der Waals surface area contributed by atoms with Crippen molar-refractivity contribution in [2.45, 2.75) is 96.9 Å². The Hall–Kier alpha value is -1.18. The van der Waals surface area contributed by atoms with Crippen LogP contribution in [0.1, 0.15) is 78.6 Å². The maximum absolute atomic E-state index is 12.0. The zero-order chi connectivity index (χ0) is 24.1. The standard InChI is InChI=1S/C26H43NO6/c1-14(4-7-22(31)27-13-23(32)33)17-5-6-18-24-19(12-21(30)26(17,18)3)25(2)9-8-16(28)10-15(25)11-20(24)29/h14-21,24,28-30H,4-13H2,1-3H3,(H,27,31)(H,32,33)/t14-,15+,16+,17-,18+,19+,20-,21+,24+,25+,26-/m1/s1. The summed E-state index contributed by atoms with van der Waals surface area (Å²) >= 11 is 0. The number of aliphatic hydroxyl groups is 3. The maximum atomic E-state index is 12.0. The SMILES string of the molecule is C[C@H](CCC(=O)NCC(=O)O)[C@H]1CC[C@H]2[C@@H]3[C@H](O)C[C@@H]4C[C@@H](O)CC[C@]4(C)[C@H]3C[C@H](O)[C@]12C. The Morgan fingerprint density at radius 2 is 1.76 bits per heavy atom. The molecule has 0 aromatic carbocycles. The van der Waals surface area contributed by atoms with E-state index in [1.807, 2.05) is 0 Å². The number of hydrogen-bond acceptors (Lipinski definition) is 5. The lowest BCUT2D eigenvalue weighted by atomic mass is 9.43. The minimum atomic E-state index is -1.04. The number of nitrogens with one attached hydrogen (secondary N) is 1. The van der Waals surface area contributed by atoms with Crippen LogP contribution in [0.5, 0.6) is 0 Å². The van der Waals surface area contributed by atoms with Gasteiger partial charge in [0.05, 0.1) is 18.3 Å². The van der Waals surface area contributed by atoms with Crippen LogP contribution in [0.25, 0.3) is 0 Å². The summed E-state index contributed by atoms with van der Waals surface area (Å²) in [5, 5.41) is 44.4. The van der Waals surface area contributed by atoms with Gasteiger partial charge >= 0.3 is 5.97 Å². The Balaban J connectivity index is 1.49. The fourth-order valence-electron chi connectivity index (χ4n) is 8.95. The van der Waals surface area contributed by atoms with E-state index in [1.165, 1.54) is 0 Å². The monoisotopic (exact) mass is 465 g/mol. The predicted molar refractivity (Wildman–Crippen MR) is 123 cm³/mol. The van der Waals surface area contributed by atoms with Crippen LogP contribution in [0, 0.1) is 46.3 Å². The minimum Gasteiger partial charge on any atom is -0.480 e. The smallest absolute Gasteiger partial charge is 0.322 e. The molecule has 4 saturated carbocycles. The molecule has 0 unspecified atom stereocenters. The van der Waals surface area contributed by atoms with Gasteiger partial charge in [0, 0.05) is 6.42 Å². The van der Waals surface area contributed by atoms with E-state index in [0.717, 1.165) is 38.5 Å². The van der Waals surface area contributed by atoms with Gasteiger partial charge in [0.25, 0.3) is 0 Å². The van der Waals surface area contributed by atoms with Crippen LogP contribution in [0.3, 0.4) is 0 Å². The Morgan fingerprint density at radius 3 is 2.45 bits per heavy atom. The average molecular weight is 466 g/mol. The molecule has 0 radical (unpaired) electrons. The molecule has 7 nitrogen and oxygen atoms in total. The van der Waals surface area contributed by atoms with Crippen molar-refractivity contribution in [1.82, 2.24) is 5.32 Å². The summed E-state index contributed by atoms with van der Waals surface area (Å²) in [5.41, 5.74) is -0.214. The number of carbonyl (C=O) groups is 2. The van der Waals surface area contributed by atoms with Crippen molar-refractivity contribution in [1.29, 1.82) is 0 Å². The van der Waals surface area contributed by atoms with Crippen LogP contribution in [-0.2, 0) is 9.59 Å². The second-order valence-corrected chi connectivity index (χ2v) is 12.2. The average Bonchev–Trinajstić information content (AvgIpc) is 3.11. The van der Waals surface area contributed by atoms with E-state index in [-0.39, 0.29) is 65.1 Å². The Morgan fingerprint density at radius 1 is 1.03 bits per heavy atom. The normalized spacial score (nSPS) is 47.7. The third-order valence-corrected chi connectivity index (χ3v) is 10.8. The number of amides is 1. The van der Waals surface area contributed by atoms with Gasteiger partial charge in [-0.05, 0) is 97.7 Å². The van der Waals surface area contributed by atoms with E-state index in [2.05, 4.69) is 26.1 Å². The highest BCUT2D eigenvalue weighted by atomic mass is 16.4. The molecule has 1 amide bonds. The zero-order valence-corrected chi connectivity index (χ0v) is 20.4. The number of hydrogen-bond donors (Lipinski definition) is 5. The highest BCUT2D eigenvalue weighted by Crippen LogP contribution is 2.68. The third kappa shape index (κ3) is 4.23. The lowest BCUT2D eigenvalue weighted by molar-refractivity contribution is -0.207. The van der Waals surface area contributed by atoms with Gasteiger partial charge in [0.15, 0.2) is 0 Å². The molecule has 0 aliphatic heterocycles. The van der Waals surface area contributed by atoms with E-state index in [0.29, 0.717) is 25.2 Å². The molecule has 4 fully saturated rings. The summed E-state index contributed by atoms with van der Waals surface area (Å²) in [6.45, 7) is 6.35. The molecule has 4 aliphatic rings. The van der Waals surface area contributed by atoms with Gasteiger partial charge < -0.3 is 25.7 Å². The summed E-state index contributed by atoms with van der Waals surface area (Å²) in [6, 6.07) is 0. The molecule has 33 heavy (non-hydrogen) atoms. The molecule has 0 aromatic heterocycles. The molecule has 4 rings (SSSR count). The summed E-state index contributed by atoms with van der Waals surface area (Å²) in [4.78, 5) is 22.7. The zero-order valence-electron chi connectivity index (χ0n) is 20.4. The molecule has 0 aromatic rings.